The Morgan fingerprint density at radius 1 is 0.214 bits per heavy atom. The number of rotatable bonds is 11. The van der Waals surface area contributed by atoms with Gasteiger partial charge in [0.25, 0.3) is 0 Å². The van der Waals surface area contributed by atoms with Gasteiger partial charge < -0.3 is 0 Å². The number of fused-ring (bicyclic) bond motifs is 2. The molecule has 0 aliphatic heterocycles. The Morgan fingerprint density at radius 2 is 0.393 bits per heavy atom. The molecule has 0 N–H and O–H groups in total. The number of hydrogen-bond acceptors (Lipinski definition) is 0. The molecule has 112 heavy (non-hydrogen) atoms. The molecule has 0 heterocycles. The van der Waals surface area contributed by atoms with Crippen LogP contribution in [0.25, 0.3) is 32.7 Å². The number of benzene rings is 12. The summed E-state index contributed by atoms with van der Waals surface area (Å²) in [6.45, 7) is 18.0. The van der Waals surface area contributed by atoms with Crippen LogP contribution in [0.15, 0.2) is 218 Å². The van der Waals surface area contributed by atoms with Crippen molar-refractivity contribution in [1.29, 1.82) is 0 Å². The van der Waals surface area contributed by atoms with Crippen LogP contribution in [0.1, 0.15) is 89.0 Å². The van der Waals surface area contributed by atoms with Gasteiger partial charge in [0.2, 0.25) is 0 Å². The molecule has 12 rings (SSSR count). The minimum atomic E-state index is -6.13. The van der Waals surface area contributed by atoms with Gasteiger partial charge in [0.1, 0.15) is 6.15 Å². The summed E-state index contributed by atoms with van der Waals surface area (Å²) < 4.78 is 341. The molecule has 0 aromatic heterocycles. The van der Waals surface area contributed by atoms with E-state index in [-0.39, 0.29) is 20.1 Å². The molecular weight excluding hydrogens is 1730 g/mol. The predicted molar refractivity (Wildman–Crippen MR) is 392 cm³/mol. The molecule has 587 valence electrons. The second-order valence-electron chi connectivity index (χ2n) is 27.6. The van der Waals surface area contributed by atoms with Gasteiger partial charge in [0.05, 0.1) is 44.5 Å². The first-order valence-corrected chi connectivity index (χ1v) is 36.3. The Morgan fingerprint density at radius 3 is 0.571 bits per heavy atom. The van der Waals surface area contributed by atoms with Gasteiger partial charge in [-0.05, 0) is 160 Å². The van der Waals surface area contributed by atoms with E-state index in [9.17, 15) is 105 Å². The van der Waals surface area contributed by atoms with E-state index < -0.39 is 211 Å². The Labute approximate surface area is 642 Å². The summed E-state index contributed by atoms with van der Waals surface area (Å²) in [5.74, 6) is 0. The molecule has 0 nitrogen and oxygen atoms in total. The Hall–Kier alpha value is -8.95. The molecule has 12 aromatic rings. The maximum Gasteiger partial charge on any atom is 0.416 e. The molecule has 0 unspecified atom stereocenters. The second kappa shape index (κ2) is 31.1. The van der Waals surface area contributed by atoms with E-state index in [1.54, 1.807) is 0 Å². The largest absolute Gasteiger partial charge is 0.416 e. The summed E-state index contributed by atoms with van der Waals surface area (Å²) in [5.41, 5.74) is -17.0. The van der Waals surface area contributed by atoms with E-state index >= 15 is 0 Å². The van der Waals surface area contributed by atoms with Gasteiger partial charge >= 0.3 is 49.4 Å². The monoisotopic (exact) mass is 1790 g/mol. The predicted octanol–water partition coefficient (Wildman–Crippen LogP) is 22.9. The smallest absolute Gasteiger partial charge is 0.194 e. The van der Waals surface area contributed by atoms with Crippen molar-refractivity contribution < 1.29 is 125 Å². The molecule has 0 spiro atoms. The van der Waals surface area contributed by atoms with Gasteiger partial charge in [-0.15, -0.1) is 0 Å². The van der Waals surface area contributed by atoms with Crippen molar-refractivity contribution in [3.05, 3.63) is 307 Å². The van der Waals surface area contributed by atoms with E-state index in [1.165, 1.54) is 109 Å². The van der Waals surface area contributed by atoms with Crippen LogP contribution in [-0.4, -0.2) is 6.15 Å². The number of aryl methyl sites for hydroxylation is 8. The maximum atomic E-state index is 14.2. The van der Waals surface area contributed by atoms with Gasteiger partial charge in [-0.3, -0.25) is 0 Å². The van der Waals surface area contributed by atoms with Crippen molar-refractivity contribution in [2.75, 3.05) is 0 Å². The normalized spacial score (nSPS) is 12.9. The Bertz CT molecular complexity index is 4760. The van der Waals surface area contributed by atoms with Crippen LogP contribution < -0.4 is 53.7 Å². The van der Waals surface area contributed by atoms with Gasteiger partial charge in [-0.2, -0.15) is 127 Å². The molecule has 0 bridgehead atoms. The topological polar surface area (TPSA) is 0 Å². The van der Waals surface area contributed by atoms with Crippen LogP contribution in [0.3, 0.4) is 0 Å². The van der Waals surface area contributed by atoms with Crippen molar-refractivity contribution in [3.8, 4) is 11.1 Å². The van der Waals surface area contributed by atoms with Crippen LogP contribution in [-0.2, 0) is 69.5 Å². The van der Waals surface area contributed by atoms with Crippen molar-refractivity contribution in [3.63, 3.8) is 0 Å². The number of hydrogen-bond donors (Lipinski definition) is 0. The third kappa shape index (κ3) is 18.3. The third-order valence-electron chi connectivity index (χ3n) is 18.8. The Kier molecular flexibility index (Phi) is 23.7. The summed E-state index contributed by atoms with van der Waals surface area (Å²) in [7, 11) is -1.87. The minimum absolute atomic E-state index is 0. The van der Waals surface area contributed by atoms with Gasteiger partial charge in [-0.1, -0.05) is 239 Å². The van der Waals surface area contributed by atoms with Gasteiger partial charge in [-0.25, -0.2) is 0 Å². The zero-order chi connectivity index (χ0) is 81.6. The van der Waals surface area contributed by atoms with Gasteiger partial charge in [0, 0.05) is 20.1 Å². The van der Waals surface area contributed by atoms with E-state index in [0.717, 1.165) is 0 Å². The van der Waals surface area contributed by atoms with Crippen LogP contribution in [0, 0.1) is 55.4 Å². The molecule has 0 aliphatic rings. The summed E-state index contributed by atoms with van der Waals surface area (Å²) in [6, 6.07) is 47.8. The zero-order valence-corrected chi connectivity index (χ0v) is 63.8. The van der Waals surface area contributed by atoms with Crippen molar-refractivity contribution >= 4 is 97.2 Å². The quantitative estimate of drug-likeness (QED) is 0.0688. The average molecular weight is 1790 g/mol. The van der Waals surface area contributed by atoms with Crippen molar-refractivity contribution in [2.45, 2.75) is 105 Å². The van der Waals surface area contributed by atoms with Crippen LogP contribution in [0.2, 0.25) is 0 Å². The summed E-state index contributed by atoms with van der Waals surface area (Å²) in [5, 5.41) is 13.6. The first-order chi connectivity index (χ1) is 51.3. The van der Waals surface area contributed by atoms with Crippen molar-refractivity contribution in [1.82, 2.24) is 0 Å². The molecule has 0 amide bonds. The molecule has 0 saturated heterocycles. The molecular formula is C84H60BF24IrP2-. The van der Waals surface area contributed by atoms with Crippen LogP contribution in [0.5, 0.6) is 0 Å². The molecule has 28 heteroatoms. The standard InChI is InChI=1S/C52H48P2.C32H12BF24.Ir/c1-33-21-34(2)26-43(25-33)53(44-27-35(3)22-36(4)28-44)49-19-17-41-13-9-11-15-47(41)51(49)52-48-16-12-10-14-42(48)18-20-50(52)54(45-29-37(5)23-38(6)30-45)46-31-39(7)24-40(8)32-46;34-25(35,36)13-1-14(26(37,38)39)6-21(5-13)33(22-7-15(27(40,41)42)2-16(8-22)28(43,44)45,23-9-17(29(46,47)48)3-18(10-23)30(49,50)51)24-11-19(31(52,53)54)4-20(12-24)32(55,56)57;/h9-32H,1-8H3;1-12H;/q;-1;. The third-order valence-corrected chi connectivity index (χ3v) is 23.7. The second-order valence-corrected chi connectivity index (χ2v) is 32.0. The minimum Gasteiger partial charge on any atom is -0.194 e. The maximum absolute atomic E-state index is 14.2. The summed E-state index contributed by atoms with van der Waals surface area (Å²) in [6.07, 6.45) is -54.8. The van der Waals surface area contributed by atoms with E-state index in [0.29, 0.717) is 0 Å². The average Bonchev–Trinajstić information content (AvgIpc) is 0.703. The fourth-order valence-corrected chi connectivity index (χ4v) is 20.4. The molecule has 0 saturated carbocycles. The SMILES string of the molecule is Cc1cc(C)cc(P(c2cc(C)cc(C)c2)c2ccc3ccccc3c2-c2c(P(c3cc(C)cc(C)c3)c3cc(C)cc(C)c3)ccc3ccccc23)c1.FC(F)(F)c1cc([B-](c2cc(C(F)(F)F)cc(C(F)(F)F)c2)(c2cc(C(F)(F)F)cc(C(F)(F)F)c2)c2cc(C(F)(F)F)cc(C(F)(F)F)c2)cc(C(F)(F)F)c1.[Ir]. The molecule has 0 atom stereocenters. The Balaban J connectivity index is 0.000000236. The van der Waals surface area contributed by atoms with Crippen LogP contribution in [0.4, 0.5) is 105 Å². The first kappa shape index (κ1) is 85.5. The van der Waals surface area contributed by atoms with E-state index in [4.69, 9.17) is 0 Å². The van der Waals surface area contributed by atoms with Gasteiger partial charge in [0.15, 0.2) is 0 Å². The summed E-state index contributed by atoms with van der Waals surface area (Å²) >= 11 is 0. The molecule has 0 aliphatic carbocycles. The van der Waals surface area contributed by atoms with E-state index in [2.05, 4.69) is 201 Å². The van der Waals surface area contributed by atoms with Crippen molar-refractivity contribution in [2.24, 2.45) is 0 Å². The first-order valence-electron chi connectivity index (χ1n) is 33.6. The molecule has 1 radical (unpaired) electrons. The fourth-order valence-electron chi connectivity index (χ4n) is 14.7. The zero-order valence-electron chi connectivity index (χ0n) is 59.7. The summed E-state index contributed by atoms with van der Waals surface area (Å²) in [4.78, 5) is 0. The molecule has 0 fully saturated rings. The van der Waals surface area contributed by atoms with Crippen LogP contribution >= 0.6 is 15.8 Å². The molecule has 12 aromatic carbocycles. The fraction of sp³-hybridized carbons (Fsp3) is 0.190. The number of alkyl halides is 24. The number of halogens is 24. The van der Waals surface area contributed by atoms with E-state index in [1.807, 2.05) is 0 Å².